The zero-order chi connectivity index (χ0) is 12.4. The highest BCUT2D eigenvalue weighted by Crippen LogP contribution is 2.22. The second kappa shape index (κ2) is 5.68. The lowest BCUT2D eigenvalue weighted by Crippen LogP contribution is -2.32. The third-order valence-corrected chi connectivity index (χ3v) is 4.65. The Kier molecular flexibility index (Phi) is 3.97. The fraction of sp³-hybridized carbons (Fsp3) is 0.714. The first kappa shape index (κ1) is 12.6. The minimum absolute atomic E-state index is 0.748. The van der Waals surface area contributed by atoms with E-state index in [9.17, 15) is 0 Å². The number of hydrogen-bond donors (Lipinski definition) is 1. The van der Waals surface area contributed by atoms with Crippen LogP contribution >= 0.6 is 11.8 Å². The van der Waals surface area contributed by atoms with Crippen molar-refractivity contribution in [3.05, 3.63) is 23.2 Å². The van der Waals surface area contributed by atoms with Gasteiger partial charge in [0.1, 0.15) is 11.5 Å². The molecule has 1 aromatic rings. The van der Waals surface area contributed by atoms with Crippen LogP contribution in [0.15, 0.2) is 10.5 Å². The number of nitrogens with one attached hydrogen (secondary N) is 1. The molecule has 100 valence electrons. The van der Waals surface area contributed by atoms with Crippen molar-refractivity contribution in [1.82, 2.24) is 10.2 Å². The molecule has 1 aliphatic carbocycles. The van der Waals surface area contributed by atoms with E-state index in [-0.39, 0.29) is 0 Å². The second-order valence-corrected chi connectivity index (χ2v) is 6.56. The van der Waals surface area contributed by atoms with Gasteiger partial charge in [-0.25, -0.2) is 0 Å². The summed E-state index contributed by atoms with van der Waals surface area (Å²) < 4.78 is 5.84. The monoisotopic (exact) mass is 266 g/mol. The summed E-state index contributed by atoms with van der Waals surface area (Å²) in [4.78, 5) is 2.53. The normalized spacial score (nSPS) is 21.4. The van der Waals surface area contributed by atoms with Crippen molar-refractivity contribution in [2.75, 3.05) is 24.6 Å². The highest BCUT2D eigenvalue weighted by Gasteiger charge is 2.21. The molecule has 0 aromatic carbocycles. The zero-order valence-electron chi connectivity index (χ0n) is 11.1. The van der Waals surface area contributed by atoms with E-state index < -0.39 is 0 Å². The van der Waals surface area contributed by atoms with Gasteiger partial charge in [0.05, 0.1) is 6.54 Å². The minimum atomic E-state index is 0.748. The first-order valence-electron chi connectivity index (χ1n) is 6.93. The summed E-state index contributed by atoms with van der Waals surface area (Å²) in [5.41, 5.74) is 1.37. The van der Waals surface area contributed by atoms with Gasteiger partial charge in [-0.2, -0.15) is 11.8 Å². The van der Waals surface area contributed by atoms with E-state index in [1.807, 2.05) is 0 Å². The molecule has 0 unspecified atom stereocenters. The number of furan rings is 1. The largest absolute Gasteiger partial charge is 0.465 e. The van der Waals surface area contributed by atoms with Gasteiger partial charge >= 0.3 is 0 Å². The van der Waals surface area contributed by atoms with Gasteiger partial charge in [-0.1, -0.05) is 0 Å². The van der Waals surface area contributed by atoms with Crippen LogP contribution in [0, 0.1) is 6.92 Å². The maximum absolute atomic E-state index is 5.84. The van der Waals surface area contributed by atoms with E-state index in [0.29, 0.717) is 0 Å². The number of thioether (sulfide) groups is 1. The molecule has 1 aliphatic heterocycles. The van der Waals surface area contributed by atoms with Crippen LogP contribution in [-0.2, 0) is 13.1 Å². The molecule has 4 heteroatoms. The Morgan fingerprint density at radius 3 is 2.89 bits per heavy atom. The number of rotatable bonds is 5. The number of aryl methyl sites for hydroxylation is 1. The van der Waals surface area contributed by atoms with Crippen LogP contribution in [0.4, 0.5) is 0 Å². The summed E-state index contributed by atoms with van der Waals surface area (Å²) in [5.74, 6) is 4.74. The maximum Gasteiger partial charge on any atom is 0.118 e. The van der Waals surface area contributed by atoms with Crippen LogP contribution < -0.4 is 5.32 Å². The highest BCUT2D eigenvalue weighted by atomic mass is 32.2. The molecule has 0 amide bonds. The molecular formula is C14H22N2OS. The van der Waals surface area contributed by atoms with Crippen LogP contribution in [0.1, 0.15) is 29.9 Å². The lowest BCUT2D eigenvalue weighted by Gasteiger charge is -2.25. The number of nitrogens with zero attached hydrogens (tertiary/aromatic N) is 1. The third kappa shape index (κ3) is 3.31. The molecule has 0 radical (unpaired) electrons. The maximum atomic E-state index is 5.84. The van der Waals surface area contributed by atoms with Gasteiger partial charge in [-0.3, -0.25) is 4.90 Å². The fourth-order valence-electron chi connectivity index (χ4n) is 2.36. The Labute approximate surface area is 113 Å². The van der Waals surface area contributed by atoms with Gasteiger partial charge in [-0.05, 0) is 25.8 Å². The van der Waals surface area contributed by atoms with Gasteiger partial charge < -0.3 is 9.73 Å². The molecular weight excluding hydrogens is 244 g/mol. The predicted octanol–water partition coefficient (Wildman–Crippen LogP) is 2.39. The summed E-state index contributed by atoms with van der Waals surface area (Å²) in [6, 6.07) is 2.99. The van der Waals surface area contributed by atoms with Crippen LogP contribution in [0.2, 0.25) is 0 Å². The molecule has 3 nitrogen and oxygen atoms in total. The molecule has 1 saturated heterocycles. The third-order valence-electron chi connectivity index (χ3n) is 3.71. The topological polar surface area (TPSA) is 28.4 Å². The first-order valence-corrected chi connectivity index (χ1v) is 8.08. The SMILES string of the molecule is Cc1oc(CNC2CC2)cc1CN1CCSCC1. The molecule has 2 heterocycles. The Morgan fingerprint density at radius 2 is 2.17 bits per heavy atom. The summed E-state index contributed by atoms with van der Waals surface area (Å²) in [6.45, 7) is 6.46. The van der Waals surface area contributed by atoms with E-state index in [1.165, 1.54) is 43.0 Å². The van der Waals surface area contributed by atoms with E-state index in [1.54, 1.807) is 0 Å². The van der Waals surface area contributed by atoms with E-state index in [4.69, 9.17) is 4.42 Å². The summed E-state index contributed by atoms with van der Waals surface area (Å²) in [7, 11) is 0. The zero-order valence-corrected chi connectivity index (χ0v) is 11.9. The summed E-state index contributed by atoms with van der Waals surface area (Å²) in [6.07, 6.45) is 2.66. The van der Waals surface area contributed by atoms with Crippen molar-refractivity contribution in [3.8, 4) is 0 Å². The van der Waals surface area contributed by atoms with Crippen LogP contribution in [0.5, 0.6) is 0 Å². The molecule has 18 heavy (non-hydrogen) atoms. The van der Waals surface area contributed by atoms with Gasteiger partial charge in [0.2, 0.25) is 0 Å². The lowest BCUT2D eigenvalue weighted by molar-refractivity contribution is 0.292. The van der Waals surface area contributed by atoms with Gasteiger partial charge in [0.25, 0.3) is 0 Å². The molecule has 1 saturated carbocycles. The quantitative estimate of drug-likeness (QED) is 0.886. The van der Waals surface area contributed by atoms with Gasteiger partial charge in [0.15, 0.2) is 0 Å². The van der Waals surface area contributed by atoms with Crippen molar-refractivity contribution in [2.45, 2.75) is 38.9 Å². The Bertz CT molecular complexity index is 394. The molecule has 1 N–H and O–H groups in total. The Morgan fingerprint density at radius 1 is 1.39 bits per heavy atom. The molecule has 1 aromatic heterocycles. The van der Waals surface area contributed by atoms with Crippen molar-refractivity contribution in [3.63, 3.8) is 0 Å². The molecule has 0 atom stereocenters. The average Bonchev–Trinajstić information content (AvgIpc) is 3.15. The van der Waals surface area contributed by atoms with E-state index in [0.717, 1.165) is 30.7 Å². The van der Waals surface area contributed by atoms with Crippen LogP contribution in [-0.4, -0.2) is 35.5 Å². The van der Waals surface area contributed by atoms with Gasteiger partial charge in [0, 0.05) is 42.7 Å². The van der Waals surface area contributed by atoms with Crippen LogP contribution in [0.3, 0.4) is 0 Å². The molecule has 0 bridgehead atoms. The molecule has 2 aliphatic rings. The van der Waals surface area contributed by atoms with Crippen molar-refractivity contribution in [1.29, 1.82) is 0 Å². The van der Waals surface area contributed by atoms with Crippen molar-refractivity contribution >= 4 is 11.8 Å². The number of hydrogen-bond acceptors (Lipinski definition) is 4. The van der Waals surface area contributed by atoms with E-state index >= 15 is 0 Å². The predicted molar refractivity (Wildman–Crippen MR) is 75.9 cm³/mol. The molecule has 2 fully saturated rings. The smallest absolute Gasteiger partial charge is 0.118 e. The summed E-state index contributed by atoms with van der Waals surface area (Å²) in [5, 5.41) is 3.51. The van der Waals surface area contributed by atoms with Crippen LogP contribution in [0.25, 0.3) is 0 Å². The second-order valence-electron chi connectivity index (χ2n) is 5.34. The van der Waals surface area contributed by atoms with E-state index in [2.05, 4.69) is 35.0 Å². The molecule has 3 rings (SSSR count). The molecule has 0 spiro atoms. The van der Waals surface area contributed by atoms with Crippen molar-refractivity contribution in [2.24, 2.45) is 0 Å². The Hall–Kier alpha value is -0.450. The van der Waals surface area contributed by atoms with Crippen molar-refractivity contribution < 1.29 is 4.42 Å². The lowest BCUT2D eigenvalue weighted by atomic mass is 10.2. The fourth-order valence-corrected chi connectivity index (χ4v) is 3.34. The minimum Gasteiger partial charge on any atom is -0.465 e. The first-order chi connectivity index (χ1) is 8.81. The Balaban J connectivity index is 1.56. The standard InChI is InChI=1S/C14H22N2OS/c1-11-12(10-16-4-6-18-7-5-16)8-14(17-11)9-15-13-2-3-13/h8,13,15H,2-7,9-10H2,1H3. The average molecular weight is 266 g/mol. The highest BCUT2D eigenvalue weighted by molar-refractivity contribution is 7.99. The summed E-state index contributed by atoms with van der Waals surface area (Å²) >= 11 is 2.06. The van der Waals surface area contributed by atoms with Gasteiger partial charge in [-0.15, -0.1) is 0 Å².